The number of amides is 1. The second kappa shape index (κ2) is 9.03. The van der Waals surface area contributed by atoms with Crippen molar-refractivity contribution in [3.8, 4) is 11.4 Å². The van der Waals surface area contributed by atoms with Crippen molar-refractivity contribution in [2.45, 2.75) is 19.9 Å². The Morgan fingerprint density at radius 3 is 2.55 bits per heavy atom. The first kappa shape index (κ1) is 20.8. The molecule has 1 aromatic heterocycles. The second-order valence-corrected chi connectivity index (χ2v) is 7.10. The molecule has 0 aliphatic carbocycles. The number of hydrogen-bond acceptors (Lipinski definition) is 4. The zero-order valence-corrected chi connectivity index (χ0v) is 17.1. The molecule has 2 aromatic carbocycles. The summed E-state index contributed by atoms with van der Waals surface area (Å²) in [5, 5.41) is 9.84. The van der Waals surface area contributed by atoms with Crippen LogP contribution in [-0.2, 0) is 17.8 Å². The van der Waals surface area contributed by atoms with Crippen LogP contribution in [-0.4, -0.2) is 34.2 Å². The Morgan fingerprint density at radius 1 is 1.17 bits per heavy atom. The van der Waals surface area contributed by atoms with Crippen molar-refractivity contribution in [3.05, 3.63) is 81.2 Å². The maximum absolute atomic E-state index is 13.2. The lowest BCUT2D eigenvalue weighted by atomic mass is 10.1. The number of nitrogens with zero attached hydrogens (tertiary/aromatic N) is 3. The fourth-order valence-electron chi connectivity index (χ4n) is 3.13. The first-order valence-corrected chi connectivity index (χ1v) is 9.59. The van der Waals surface area contributed by atoms with Crippen molar-refractivity contribution in [2.24, 2.45) is 0 Å². The van der Waals surface area contributed by atoms with Gasteiger partial charge in [0.1, 0.15) is 12.4 Å². The number of aryl methyl sites for hydroxylation is 1. The molecule has 0 aliphatic rings. The Morgan fingerprint density at radius 2 is 1.90 bits per heavy atom. The van der Waals surface area contributed by atoms with Crippen LogP contribution in [0.5, 0.6) is 0 Å². The highest BCUT2D eigenvalue weighted by Crippen LogP contribution is 2.22. The van der Waals surface area contributed by atoms with E-state index >= 15 is 0 Å². The van der Waals surface area contributed by atoms with Crippen LogP contribution in [0.4, 0.5) is 5.69 Å². The van der Waals surface area contributed by atoms with Crippen LogP contribution in [0.1, 0.15) is 11.3 Å². The van der Waals surface area contributed by atoms with Crippen molar-refractivity contribution in [1.29, 1.82) is 0 Å². The molecular formula is C22H22ClN3O3. The number of aromatic nitrogens is 2. The van der Waals surface area contributed by atoms with Gasteiger partial charge in [0, 0.05) is 47.6 Å². The van der Waals surface area contributed by atoms with E-state index in [2.05, 4.69) is 4.98 Å². The van der Waals surface area contributed by atoms with Gasteiger partial charge in [0.15, 0.2) is 0 Å². The van der Waals surface area contributed by atoms with E-state index in [-0.39, 0.29) is 31.0 Å². The molecule has 0 aliphatic heterocycles. The van der Waals surface area contributed by atoms with Crippen LogP contribution in [0, 0.1) is 6.92 Å². The molecule has 6 nitrogen and oxygen atoms in total. The lowest BCUT2D eigenvalue weighted by Gasteiger charge is -2.20. The standard InChI is InChI=1S/C22H22ClN3O3/c1-15-19(11-12-27)22(29)26(21(24-15)16-7-6-8-17(23)13-16)14-20(28)25(2)18-9-4-3-5-10-18/h3-10,13,27H,11-12,14H2,1-2H3. The number of likely N-dealkylation sites (N-methyl/N-ethyl adjacent to an activating group) is 1. The van der Waals surface area contributed by atoms with Crippen LogP contribution in [0.2, 0.25) is 5.02 Å². The summed E-state index contributed by atoms with van der Waals surface area (Å²) in [5.74, 6) is 0.105. The van der Waals surface area contributed by atoms with E-state index in [9.17, 15) is 14.7 Å². The van der Waals surface area contributed by atoms with Gasteiger partial charge in [-0.05, 0) is 31.2 Å². The maximum Gasteiger partial charge on any atom is 0.257 e. The molecule has 1 N–H and O–H groups in total. The molecular weight excluding hydrogens is 390 g/mol. The van der Waals surface area contributed by atoms with Crippen molar-refractivity contribution >= 4 is 23.2 Å². The summed E-state index contributed by atoms with van der Waals surface area (Å²) < 4.78 is 1.35. The number of halogens is 1. The van der Waals surface area contributed by atoms with Crippen molar-refractivity contribution in [3.63, 3.8) is 0 Å². The Balaban J connectivity index is 2.09. The molecule has 0 unspecified atom stereocenters. The predicted molar refractivity (Wildman–Crippen MR) is 114 cm³/mol. The first-order valence-electron chi connectivity index (χ1n) is 9.21. The van der Waals surface area contributed by atoms with Gasteiger partial charge >= 0.3 is 0 Å². The fourth-order valence-corrected chi connectivity index (χ4v) is 3.32. The van der Waals surface area contributed by atoms with Gasteiger partial charge in [-0.1, -0.05) is 41.9 Å². The molecule has 0 bridgehead atoms. The van der Waals surface area contributed by atoms with Gasteiger partial charge in [0.2, 0.25) is 5.91 Å². The zero-order valence-electron chi connectivity index (χ0n) is 16.3. The van der Waals surface area contributed by atoms with E-state index in [0.717, 1.165) is 5.69 Å². The molecule has 0 saturated heterocycles. The monoisotopic (exact) mass is 411 g/mol. The molecule has 29 heavy (non-hydrogen) atoms. The number of carbonyl (C=O) groups is 1. The average Bonchev–Trinajstić information content (AvgIpc) is 2.73. The van der Waals surface area contributed by atoms with E-state index in [0.29, 0.717) is 27.7 Å². The molecule has 0 saturated carbocycles. The number of aliphatic hydroxyl groups excluding tert-OH is 1. The summed E-state index contributed by atoms with van der Waals surface area (Å²) in [6, 6.07) is 16.2. The smallest absolute Gasteiger partial charge is 0.257 e. The Kier molecular flexibility index (Phi) is 6.46. The maximum atomic E-state index is 13.2. The first-order chi connectivity index (χ1) is 13.9. The summed E-state index contributed by atoms with van der Waals surface area (Å²) in [6.45, 7) is 1.37. The van der Waals surface area contributed by atoms with Gasteiger partial charge in [0.25, 0.3) is 5.56 Å². The minimum absolute atomic E-state index is 0.174. The molecule has 0 fully saturated rings. The zero-order chi connectivity index (χ0) is 21.0. The van der Waals surface area contributed by atoms with Crippen LogP contribution in [0.15, 0.2) is 59.4 Å². The molecule has 1 heterocycles. The number of benzene rings is 2. The quantitative estimate of drug-likeness (QED) is 0.676. The van der Waals surface area contributed by atoms with Gasteiger partial charge in [-0.2, -0.15) is 0 Å². The lowest BCUT2D eigenvalue weighted by Crippen LogP contribution is -2.36. The summed E-state index contributed by atoms with van der Waals surface area (Å²) in [6.07, 6.45) is 0.177. The molecule has 0 radical (unpaired) electrons. The molecule has 3 aromatic rings. The summed E-state index contributed by atoms with van der Waals surface area (Å²) >= 11 is 6.12. The van der Waals surface area contributed by atoms with Crippen LogP contribution < -0.4 is 10.5 Å². The minimum atomic E-state index is -0.337. The molecule has 0 spiro atoms. The van der Waals surface area contributed by atoms with Gasteiger partial charge in [-0.3, -0.25) is 14.2 Å². The van der Waals surface area contributed by atoms with Gasteiger partial charge in [-0.25, -0.2) is 4.98 Å². The van der Waals surface area contributed by atoms with E-state index < -0.39 is 0 Å². The third-order valence-electron chi connectivity index (χ3n) is 4.72. The Hall–Kier alpha value is -2.96. The number of para-hydroxylation sites is 1. The third-order valence-corrected chi connectivity index (χ3v) is 4.96. The van der Waals surface area contributed by atoms with Crippen molar-refractivity contribution < 1.29 is 9.90 Å². The average molecular weight is 412 g/mol. The van der Waals surface area contributed by atoms with Gasteiger partial charge in [0.05, 0.1) is 0 Å². The number of carbonyl (C=O) groups excluding carboxylic acids is 1. The molecule has 150 valence electrons. The van der Waals surface area contributed by atoms with Crippen LogP contribution >= 0.6 is 11.6 Å². The number of rotatable bonds is 6. The number of anilines is 1. The van der Waals surface area contributed by atoms with Crippen molar-refractivity contribution in [2.75, 3.05) is 18.6 Å². The van der Waals surface area contributed by atoms with Gasteiger partial charge in [-0.15, -0.1) is 0 Å². The number of aliphatic hydroxyl groups is 1. The summed E-state index contributed by atoms with van der Waals surface area (Å²) in [4.78, 5) is 32.2. The second-order valence-electron chi connectivity index (χ2n) is 6.66. The third kappa shape index (κ3) is 4.55. The minimum Gasteiger partial charge on any atom is -0.396 e. The molecule has 7 heteroatoms. The van der Waals surface area contributed by atoms with Crippen LogP contribution in [0.25, 0.3) is 11.4 Å². The SMILES string of the molecule is Cc1nc(-c2cccc(Cl)c2)n(CC(=O)N(C)c2ccccc2)c(=O)c1CCO. The van der Waals surface area contributed by atoms with Crippen LogP contribution in [0.3, 0.4) is 0 Å². The highest BCUT2D eigenvalue weighted by molar-refractivity contribution is 6.30. The normalized spacial score (nSPS) is 10.8. The Labute approximate surface area is 174 Å². The molecule has 1 amide bonds. The highest BCUT2D eigenvalue weighted by Gasteiger charge is 2.20. The van der Waals surface area contributed by atoms with Crippen molar-refractivity contribution in [1.82, 2.24) is 9.55 Å². The van der Waals surface area contributed by atoms with E-state index in [1.807, 2.05) is 30.3 Å². The van der Waals surface area contributed by atoms with Gasteiger partial charge < -0.3 is 10.0 Å². The topological polar surface area (TPSA) is 75.4 Å². The lowest BCUT2D eigenvalue weighted by molar-refractivity contribution is -0.118. The number of hydrogen-bond donors (Lipinski definition) is 1. The fraction of sp³-hybridized carbons (Fsp3) is 0.227. The Bertz CT molecular complexity index is 1080. The molecule has 0 atom stereocenters. The highest BCUT2D eigenvalue weighted by atomic mass is 35.5. The largest absolute Gasteiger partial charge is 0.396 e. The predicted octanol–water partition coefficient (Wildman–Crippen LogP) is 3.07. The summed E-state index contributed by atoms with van der Waals surface area (Å²) in [7, 11) is 1.66. The van der Waals surface area contributed by atoms with E-state index in [4.69, 9.17) is 11.6 Å². The molecule has 3 rings (SSSR count). The van der Waals surface area contributed by atoms with E-state index in [1.54, 1.807) is 38.2 Å². The summed E-state index contributed by atoms with van der Waals surface area (Å²) in [5.41, 5.74) is 1.96. The van der Waals surface area contributed by atoms with E-state index in [1.165, 1.54) is 9.47 Å².